The van der Waals surface area contributed by atoms with Crippen LogP contribution in [0.2, 0.25) is 0 Å². The summed E-state index contributed by atoms with van der Waals surface area (Å²) in [5.41, 5.74) is 5.15. The number of anilines is 1. The SMILES string of the molecule is O=C([O-])c1ccc(N/N=C2/C[C@H]3C=CC[C@@H]23)cc1. The highest BCUT2D eigenvalue weighted by Crippen LogP contribution is 2.40. The van der Waals surface area contributed by atoms with Crippen LogP contribution >= 0.6 is 0 Å². The highest BCUT2D eigenvalue weighted by atomic mass is 16.4. The Hall–Kier alpha value is -2.10. The Labute approximate surface area is 105 Å². The zero-order valence-corrected chi connectivity index (χ0v) is 9.80. The molecule has 92 valence electrons. The van der Waals surface area contributed by atoms with E-state index in [-0.39, 0.29) is 5.56 Å². The fourth-order valence-electron chi connectivity index (χ4n) is 2.48. The Morgan fingerprint density at radius 2 is 2.11 bits per heavy atom. The monoisotopic (exact) mass is 241 g/mol. The molecule has 3 rings (SSSR count). The molecule has 1 N–H and O–H groups in total. The molecule has 2 aliphatic rings. The van der Waals surface area contributed by atoms with E-state index >= 15 is 0 Å². The van der Waals surface area contributed by atoms with Gasteiger partial charge < -0.3 is 9.90 Å². The highest BCUT2D eigenvalue weighted by molar-refractivity contribution is 5.94. The predicted octanol–water partition coefficient (Wildman–Crippen LogP) is 1.41. The van der Waals surface area contributed by atoms with Gasteiger partial charge in [-0.2, -0.15) is 5.10 Å². The van der Waals surface area contributed by atoms with Crippen LogP contribution in [0.25, 0.3) is 0 Å². The van der Waals surface area contributed by atoms with Gasteiger partial charge in [-0.15, -0.1) is 0 Å². The van der Waals surface area contributed by atoms with Gasteiger partial charge in [-0.3, -0.25) is 5.43 Å². The van der Waals surface area contributed by atoms with Gasteiger partial charge in [-0.25, -0.2) is 0 Å². The maximum absolute atomic E-state index is 10.6. The molecular formula is C14H13N2O2-. The molecule has 0 amide bonds. The second-order valence-corrected chi connectivity index (χ2v) is 4.72. The minimum atomic E-state index is -1.16. The van der Waals surface area contributed by atoms with Gasteiger partial charge in [-0.05, 0) is 36.5 Å². The Morgan fingerprint density at radius 3 is 2.78 bits per heavy atom. The van der Waals surface area contributed by atoms with Crippen LogP contribution in [0.3, 0.4) is 0 Å². The van der Waals surface area contributed by atoms with E-state index in [4.69, 9.17) is 0 Å². The van der Waals surface area contributed by atoms with E-state index in [1.807, 2.05) is 0 Å². The zero-order valence-electron chi connectivity index (χ0n) is 9.80. The Balaban J connectivity index is 1.63. The molecule has 0 saturated heterocycles. The van der Waals surface area contributed by atoms with Gasteiger partial charge in [0, 0.05) is 11.6 Å². The molecule has 0 aromatic heterocycles. The number of rotatable bonds is 3. The summed E-state index contributed by atoms with van der Waals surface area (Å²) in [6.45, 7) is 0. The van der Waals surface area contributed by atoms with Crippen molar-refractivity contribution in [2.45, 2.75) is 12.8 Å². The lowest BCUT2D eigenvalue weighted by Gasteiger charge is -2.31. The lowest BCUT2D eigenvalue weighted by molar-refractivity contribution is -0.255. The second kappa shape index (κ2) is 4.29. The van der Waals surface area contributed by atoms with Crippen LogP contribution < -0.4 is 10.5 Å². The number of fused-ring (bicyclic) bond motifs is 1. The molecule has 1 fully saturated rings. The first kappa shape index (κ1) is 11.0. The number of benzene rings is 1. The number of allylic oxidation sites excluding steroid dienone is 2. The molecule has 4 heteroatoms. The molecule has 1 saturated carbocycles. The normalized spacial score (nSPS) is 26.8. The standard InChI is InChI=1S/C14H14N2O2/c17-14(18)9-4-6-11(7-5-9)15-16-13-8-10-2-1-3-12(10)13/h1-2,4-7,10,12,15H,3,8H2,(H,17,18)/p-1/b16-13-/t10-,12-/m1/s1. The van der Waals surface area contributed by atoms with E-state index in [2.05, 4.69) is 22.7 Å². The maximum atomic E-state index is 10.6. The molecule has 1 aromatic rings. The molecule has 0 heterocycles. The van der Waals surface area contributed by atoms with Crippen molar-refractivity contribution in [1.82, 2.24) is 0 Å². The zero-order chi connectivity index (χ0) is 12.5. The van der Waals surface area contributed by atoms with Gasteiger partial charge in [0.2, 0.25) is 0 Å². The van der Waals surface area contributed by atoms with Crippen LogP contribution in [0.4, 0.5) is 5.69 Å². The Kier molecular flexibility index (Phi) is 2.63. The van der Waals surface area contributed by atoms with Crippen LogP contribution in [0, 0.1) is 11.8 Å². The number of carbonyl (C=O) groups is 1. The molecule has 4 nitrogen and oxygen atoms in total. The smallest absolute Gasteiger partial charge is 0.0715 e. The van der Waals surface area contributed by atoms with Gasteiger partial charge >= 0.3 is 0 Å². The average molecular weight is 241 g/mol. The molecule has 0 aliphatic heterocycles. The number of carboxylic acids is 1. The van der Waals surface area contributed by atoms with Crippen LogP contribution in [0.1, 0.15) is 23.2 Å². The summed E-state index contributed by atoms with van der Waals surface area (Å²) in [5.74, 6) is 0.109. The third-order valence-corrected chi connectivity index (χ3v) is 3.61. The Morgan fingerprint density at radius 1 is 1.33 bits per heavy atom. The van der Waals surface area contributed by atoms with E-state index in [0.29, 0.717) is 11.8 Å². The summed E-state index contributed by atoms with van der Waals surface area (Å²) in [4.78, 5) is 10.6. The number of aromatic carboxylic acids is 1. The number of nitrogens with one attached hydrogen (secondary N) is 1. The van der Waals surface area contributed by atoms with Gasteiger partial charge in [0.05, 0.1) is 11.7 Å². The van der Waals surface area contributed by atoms with Gasteiger partial charge in [0.1, 0.15) is 0 Å². The third-order valence-electron chi connectivity index (χ3n) is 3.61. The van der Waals surface area contributed by atoms with Crippen molar-refractivity contribution in [3.05, 3.63) is 42.0 Å². The summed E-state index contributed by atoms with van der Waals surface area (Å²) in [5, 5.41) is 15.0. The fourth-order valence-corrected chi connectivity index (χ4v) is 2.48. The minimum Gasteiger partial charge on any atom is -0.545 e. The van der Waals surface area contributed by atoms with Crippen molar-refractivity contribution in [3.8, 4) is 0 Å². The molecule has 0 spiro atoms. The van der Waals surface area contributed by atoms with E-state index in [0.717, 1.165) is 18.5 Å². The summed E-state index contributed by atoms with van der Waals surface area (Å²) in [6.07, 6.45) is 6.60. The van der Waals surface area contributed by atoms with Crippen molar-refractivity contribution in [1.29, 1.82) is 0 Å². The molecule has 2 aliphatic carbocycles. The number of hydrogen-bond donors (Lipinski definition) is 1. The van der Waals surface area contributed by atoms with Crippen LogP contribution in [0.5, 0.6) is 0 Å². The van der Waals surface area contributed by atoms with Gasteiger partial charge in [0.15, 0.2) is 0 Å². The van der Waals surface area contributed by atoms with E-state index in [9.17, 15) is 9.90 Å². The lowest BCUT2D eigenvalue weighted by atomic mass is 9.74. The molecule has 2 atom stereocenters. The predicted molar refractivity (Wildman–Crippen MR) is 67.2 cm³/mol. The van der Waals surface area contributed by atoms with Crippen LogP contribution in [-0.4, -0.2) is 11.7 Å². The summed E-state index contributed by atoms with van der Waals surface area (Å²) < 4.78 is 0. The van der Waals surface area contributed by atoms with Crippen molar-refractivity contribution >= 4 is 17.4 Å². The Bertz CT molecular complexity index is 531. The van der Waals surface area contributed by atoms with Crippen LogP contribution in [0.15, 0.2) is 41.5 Å². The summed E-state index contributed by atoms with van der Waals surface area (Å²) in [7, 11) is 0. The van der Waals surface area contributed by atoms with E-state index < -0.39 is 5.97 Å². The highest BCUT2D eigenvalue weighted by Gasteiger charge is 2.37. The first-order chi connectivity index (χ1) is 8.74. The molecule has 0 bridgehead atoms. The number of hydrazone groups is 1. The first-order valence-corrected chi connectivity index (χ1v) is 6.04. The molecular weight excluding hydrogens is 228 g/mol. The molecule has 18 heavy (non-hydrogen) atoms. The summed E-state index contributed by atoms with van der Waals surface area (Å²) in [6, 6.07) is 6.41. The number of hydrogen-bond acceptors (Lipinski definition) is 4. The van der Waals surface area contributed by atoms with E-state index in [1.54, 1.807) is 12.1 Å². The second-order valence-electron chi connectivity index (χ2n) is 4.72. The number of carbonyl (C=O) groups excluding carboxylic acids is 1. The van der Waals surface area contributed by atoms with Crippen molar-refractivity contribution in [3.63, 3.8) is 0 Å². The largest absolute Gasteiger partial charge is 0.545 e. The summed E-state index contributed by atoms with van der Waals surface area (Å²) >= 11 is 0. The lowest BCUT2D eigenvalue weighted by Crippen LogP contribution is -2.33. The topological polar surface area (TPSA) is 64.5 Å². The first-order valence-electron chi connectivity index (χ1n) is 6.04. The number of carboxylic acid groups (broad SMARTS) is 1. The van der Waals surface area contributed by atoms with Crippen LogP contribution in [-0.2, 0) is 0 Å². The fraction of sp³-hybridized carbons (Fsp3) is 0.286. The van der Waals surface area contributed by atoms with Crippen molar-refractivity contribution in [2.24, 2.45) is 16.9 Å². The van der Waals surface area contributed by atoms with Crippen molar-refractivity contribution in [2.75, 3.05) is 5.43 Å². The molecule has 1 aromatic carbocycles. The quantitative estimate of drug-likeness (QED) is 0.643. The van der Waals surface area contributed by atoms with Gasteiger partial charge in [-0.1, -0.05) is 24.3 Å². The van der Waals surface area contributed by atoms with E-state index in [1.165, 1.54) is 17.8 Å². The average Bonchev–Trinajstić information content (AvgIpc) is 2.72. The third kappa shape index (κ3) is 1.90. The minimum absolute atomic E-state index is 0.178. The molecule has 0 radical (unpaired) electrons. The molecule has 0 unspecified atom stereocenters. The number of nitrogens with zero attached hydrogens (tertiary/aromatic N) is 1. The van der Waals surface area contributed by atoms with Crippen molar-refractivity contribution < 1.29 is 9.90 Å². The van der Waals surface area contributed by atoms with Gasteiger partial charge in [0.25, 0.3) is 0 Å². The maximum Gasteiger partial charge on any atom is 0.0715 e.